The highest BCUT2D eigenvalue weighted by Gasteiger charge is 2.15. The first-order chi connectivity index (χ1) is 10.1. The van der Waals surface area contributed by atoms with Crippen molar-refractivity contribution in [1.82, 2.24) is 4.90 Å². The quantitative estimate of drug-likeness (QED) is 0.627. The number of esters is 1. The molecule has 1 aromatic carbocycles. The number of nitrogens with one attached hydrogen (secondary N) is 1. The minimum Gasteiger partial charge on any atom is -0.465 e. The molecule has 2 rings (SSSR count). The van der Waals surface area contributed by atoms with Crippen molar-refractivity contribution in [2.24, 2.45) is 0 Å². The average molecular weight is 293 g/mol. The van der Waals surface area contributed by atoms with Gasteiger partial charge in [0.2, 0.25) is 0 Å². The van der Waals surface area contributed by atoms with E-state index in [1.54, 1.807) is 12.1 Å². The predicted octanol–water partition coefficient (Wildman–Crippen LogP) is 1.19. The molecule has 0 radical (unpaired) electrons. The van der Waals surface area contributed by atoms with Gasteiger partial charge in [0.1, 0.15) is 0 Å². The Morgan fingerprint density at radius 2 is 2.19 bits per heavy atom. The van der Waals surface area contributed by atoms with E-state index in [4.69, 9.17) is 10.5 Å². The first-order valence-electron chi connectivity index (χ1n) is 7.14. The molecule has 1 unspecified atom stereocenters. The van der Waals surface area contributed by atoms with Gasteiger partial charge in [0.15, 0.2) is 0 Å². The number of rotatable bonds is 5. The molecule has 21 heavy (non-hydrogen) atoms. The highest BCUT2D eigenvalue weighted by molar-refractivity contribution is 5.91. The van der Waals surface area contributed by atoms with Gasteiger partial charge in [0, 0.05) is 25.7 Å². The first-order valence-corrected chi connectivity index (χ1v) is 7.14. The number of nitrogen functional groups attached to an aromatic ring is 1. The third-order valence-electron chi connectivity index (χ3n) is 3.51. The Hall–Kier alpha value is -1.79. The number of ether oxygens (including phenoxy) is 2. The van der Waals surface area contributed by atoms with Crippen molar-refractivity contribution in [3.05, 3.63) is 23.8 Å². The number of anilines is 2. The van der Waals surface area contributed by atoms with Crippen LogP contribution in [0, 0.1) is 0 Å². The van der Waals surface area contributed by atoms with E-state index in [0.717, 1.165) is 38.5 Å². The highest BCUT2D eigenvalue weighted by atomic mass is 16.5. The smallest absolute Gasteiger partial charge is 0.337 e. The second-order valence-electron chi connectivity index (χ2n) is 5.25. The molecule has 1 aliphatic rings. The van der Waals surface area contributed by atoms with E-state index in [-0.39, 0.29) is 12.0 Å². The fraction of sp³-hybridized carbons (Fsp3) is 0.533. The summed E-state index contributed by atoms with van der Waals surface area (Å²) in [4.78, 5) is 13.8. The summed E-state index contributed by atoms with van der Waals surface area (Å²) in [6.07, 6.45) is 0. The number of nitrogens with two attached hydrogens (primary N) is 1. The van der Waals surface area contributed by atoms with Gasteiger partial charge in [-0.2, -0.15) is 0 Å². The number of carbonyl (C=O) groups excluding carboxylic acids is 1. The minimum absolute atomic E-state index is 0.259. The lowest BCUT2D eigenvalue weighted by Gasteiger charge is -2.30. The van der Waals surface area contributed by atoms with Crippen LogP contribution in [0.3, 0.4) is 0 Å². The molecule has 1 fully saturated rings. The van der Waals surface area contributed by atoms with Gasteiger partial charge in [-0.1, -0.05) is 0 Å². The van der Waals surface area contributed by atoms with E-state index in [9.17, 15) is 4.79 Å². The van der Waals surface area contributed by atoms with Crippen LogP contribution < -0.4 is 11.1 Å². The van der Waals surface area contributed by atoms with E-state index in [1.807, 2.05) is 6.07 Å². The standard InChI is InChI=1S/C15H23N3O3/c1-11(10-18-5-7-21-8-6-18)17-14-4-3-12(9-13(14)16)15(19)20-2/h3-4,9,11,17H,5-8,10,16H2,1-2H3. The number of methoxy groups -OCH3 is 1. The molecule has 0 aliphatic carbocycles. The number of nitrogens with zero attached hydrogens (tertiary/aromatic N) is 1. The van der Waals surface area contributed by atoms with Gasteiger partial charge in [-0.3, -0.25) is 4.90 Å². The van der Waals surface area contributed by atoms with Crippen LogP contribution in [0.15, 0.2) is 18.2 Å². The third-order valence-corrected chi connectivity index (χ3v) is 3.51. The van der Waals surface area contributed by atoms with Crippen LogP contribution in [0.5, 0.6) is 0 Å². The second kappa shape index (κ2) is 7.28. The molecule has 6 nitrogen and oxygen atoms in total. The molecule has 1 heterocycles. The Balaban J connectivity index is 1.93. The Labute approximate surface area is 125 Å². The Morgan fingerprint density at radius 1 is 1.48 bits per heavy atom. The van der Waals surface area contributed by atoms with E-state index >= 15 is 0 Å². The molecule has 0 spiro atoms. The fourth-order valence-electron chi connectivity index (χ4n) is 2.42. The van der Waals surface area contributed by atoms with Crippen molar-refractivity contribution in [2.45, 2.75) is 13.0 Å². The number of hydrogen-bond donors (Lipinski definition) is 2. The van der Waals surface area contributed by atoms with Gasteiger partial charge in [0.05, 0.1) is 37.3 Å². The van der Waals surface area contributed by atoms with Gasteiger partial charge in [0.25, 0.3) is 0 Å². The Kier molecular flexibility index (Phi) is 5.41. The molecule has 1 aliphatic heterocycles. The molecule has 0 amide bonds. The zero-order valence-electron chi connectivity index (χ0n) is 12.6. The van der Waals surface area contributed by atoms with Crippen molar-refractivity contribution in [1.29, 1.82) is 0 Å². The summed E-state index contributed by atoms with van der Waals surface area (Å²) in [6, 6.07) is 5.42. The lowest BCUT2D eigenvalue weighted by molar-refractivity contribution is 0.0368. The van der Waals surface area contributed by atoms with Crippen LogP contribution in [0.2, 0.25) is 0 Å². The van der Waals surface area contributed by atoms with Crippen molar-refractivity contribution in [3.8, 4) is 0 Å². The van der Waals surface area contributed by atoms with Crippen LogP contribution in [-0.4, -0.2) is 56.9 Å². The minimum atomic E-state index is -0.380. The van der Waals surface area contributed by atoms with Gasteiger partial charge in [-0.15, -0.1) is 0 Å². The van der Waals surface area contributed by atoms with Crippen molar-refractivity contribution in [3.63, 3.8) is 0 Å². The van der Waals surface area contributed by atoms with Crippen LogP contribution >= 0.6 is 0 Å². The van der Waals surface area contributed by atoms with Crippen LogP contribution in [0.1, 0.15) is 17.3 Å². The number of carbonyl (C=O) groups is 1. The normalized spacial score (nSPS) is 17.2. The summed E-state index contributed by atoms with van der Waals surface area (Å²) in [5.41, 5.74) is 7.84. The number of benzene rings is 1. The van der Waals surface area contributed by atoms with Gasteiger partial charge in [-0.25, -0.2) is 4.79 Å². The summed E-state index contributed by atoms with van der Waals surface area (Å²) < 4.78 is 10.0. The summed E-state index contributed by atoms with van der Waals surface area (Å²) in [7, 11) is 1.36. The third kappa shape index (κ3) is 4.34. The van der Waals surface area contributed by atoms with Crippen molar-refractivity contribution >= 4 is 17.3 Å². The van der Waals surface area contributed by atoms with Crippen molar-refractivity contribution < 1.29 is 14.3 Å². The molecule has 116 valence electrons. The average Bonchev–Trinajstić information content (AvgIpc) is 2.49. The molecular formula is C15H23N3O3. The zero-order valence-corrected chi connectivity index (χ0v) is 12.6. The van der Waals surface area contributed by atoms with E-state index in [0.29, 0.717) is 11.3 Å². The van der Waals surface area contributed by atoms with Gasteiger partial charge >= 0.3 is 5.97 Å². The predicted molar refractivity (Wildman–Crippen MR) is 82.5 cm³/mol. The lowest BCUT2D eigenvalue weighted by atomic mass is 10.1. The topological polar surface area (TPSA) is 76.8 Å². The van der Waals surface area contributed by atoms with Crippen LogP contribution in [-0.2, 0) is 9.47 Å². The summed E-state index contributed by atoms with van der Waals surface area (Å²) in [5, 5.41) is 3.38. The van der Waals surface area contributed by atoms with Crippen LogP contribution in [0.25, 0.3) is 0 Å². The molecular weight excluding hydrogens is 270 g/mol. The Morgan fingerprint density at radius 3 is 2.81 bits per heavy atom. The maximum Gasteiger partial charge on any atom is 0.337 e. The molecule has 1 atom stereocenters. The first kappa shape index (κ1) is 15.6. The molecule has 0 bridgehead atoms. The molecule has 0 aromatic heterocycles. The molecule has 6 heteroatoms. The fourth-order valence-corrected chi connectivity index (χ4v) is 2.42. The van der Waals surface area contributed by atoms with Crippen molar-refractivity contribution in [2.75, 3.05) is 51.0 Å². The molecule has 0 saturated carbocycles. The maximum atomic E-state index is 11.4. The monoisotopic (exact) mass is 293 g/mol. The molecule has 1 aromatic rings. The van der Waals surface area contributed by atoms with Gasteiger partial charge in [-0.05, 0) is 25.1 Å². The lowest BCUT2D eigenvalue weighted by Crippen LogP contribution is -2.42. The van der Waals surface area contributed by atoms with Gasteiger partial charge < -0.3 is 20.5 Å². The Bertz CT molecular complexity index is 487. The SMILES string of the molecule is COC(=O)c1ccc(NC(C)CN2CCOCC2)c(N)c1. The highest BCUT2D eigenvalue weighted by Crippen LogP contribution is 2.21. The second-order valence-corrected chi connectivity index (χ2v) is 5.25. The number of hydrogen-bond acceptors (Lipinski definition) is 6. The zero-order chi connectivity index (χ0) is 15.2. The summed E-state index contributed by atoms with van der Waals surface area (Å²) in [6.45, 7) is 6.56. The molecule has 3 N–H and O–H groups in total. The summed E-state index contributed by atoms with van der Waals surface area (Å²) in [5.74, 6) is -0.380. The largest absolute Gasteiger partial charge is 0.465 e. The van der Waals surface area contributed by atoms with Crippen LogP contribution in [0.4, 0.5) is 11.4 Å². The maximum absolute atomic E-state index is 11.4. The molecule has 1 saturated heterocycles. The van der Waals surface area contributed by atoms with E-state index in [2.05, 4.69) is 21.9 Å². The number of morpholine rings is 1. The van der Waals surface area contributed by atoms with E-state index < -0.39 is 0 Å². The summed E-state index contributed by atoms with van der Waals surface area (Å²) >= 11 is 0. The van der Waals surface area contributed by atoms with E-state index in [1.165, 1.54) is 7.11 Å².